The minimum Gasteiger partial charge on any atom is -0.472 e. The molecule has 0 atom stereocenters. The summed E-state index contributed by atoms with van der Waals surface area (Å²) in [5.74, 6) is -0.623. The third-order valence-electron chi connectivity index (χ3n) is 6.38. The second-order valence-corrected chi connectivity index (χ2v) is 9.93. The Bertz CT molecular complexity index is 1530. The van der Waals surface area contributed by atoms with Crippen LogP contribution in [0.15, 0.2) is 59.4 Å². The smallest absolute Gasteiger partial charge is 0.348 e. The highest BCUT2D eigenvalue weighted by atomic mass is 32.1. The minimum absolute atomic E-state index is 0.0531. The normalized spacial score (nSPS) is 13.1. The molecule has 1 aromatic carbocycles. The molecule has 0 radical (unpaired) electrons. The molecule has 3 aromatic heterocycles. The lowest BCUT2D eigenvalue weighted by Gasteiger charge is -2.28. The second-order valence-electron chi connectivity index (χ2n) is 8.79. The van der Waals surface area contributed by atoms with Crippen molar-refractivity contribution in [2.75, 3.05) is 38.3 Å². The standard InChI is InChI=1S/C29H25N3O6S/c1-18(33)22-14-26(29(34)35-2)39-27(22)17-38-28-24(15-30)23(20-7-10-37-16-20)13-25(31-28)19-3-5-21(6-4-19)32-8-11-36-12-9-32/h3-7,10,13-14,16H,8-9,11-12,17H2,1-2H3. The number of anilines is 1. The molecule has 1 fully saturated rings. The van der Waals surface area contributed by atoms with Crippen molar-refractivity contribution in [3.8, 4) is 34.3 Å². The first-order valence-corrected chi connectivity index (χ1v) is 13.1. The minimum atomic E-state index is -0.533. The molecule has 5 rings (SSSR count). The Morgan fingerprint density at radius 1 is 1.13 bits per heavy atom. The molecule has 1 aliphatic rings. The third kappa shape index (κ3) is 5.55. The summed E-state index contributed by atoms with van der Waals surface area (Å²) in [6.07, 6.45) is 3.09. The van der Waals surface area contributed by atoms with Gasteiger partial charge in [-0.1, -0.05) is 12.1 Å². The Labute approximate surface area is 229 Å². The van der Waals surface area contributed by atoms with Crippen LogP contribution < -0.4 is 9.64 Å². The highest BCUT2D eigenvalue weighted by Gasteiger charge is 2.21. The van der Waals surface area contributed by atoms with E-state index in [1.165, 1.54) is 26.4 Å². The maximum atomic E-state index is 12.2. The second kappa shape index (κ2) is 11.5. The number of carbonyl (C=O) groups is 2. The summed E-state index contributed by atoms with van der Waals surface area (Å²) in [7, 11) is 1.28. The van der Waals surface area contributed by atoms with Crippen LogP contribution in [-0.2, 0) is 16.1 Å². The number of nitriles is 1. The van der Waals surface area contributed by atoms with Gasteiger partial charge >= 0.3 is 5.97 Å². The molecule has 0 aliphatic carbocycles. The summed E-state index contributed by atoms with van der Waals surface area (Å²) >= 11 is 1.11. The Kier molecular flexibility index (Phi) is 7.72. The van der Waals surface area contributed by atoms with Gasteiger partial charge in [0.25, 0.3) is 0 Å². The number of morpholine rings is 1. The van der Waals surface area contributed by atoms with E-state index >= 15 is 0 Å². The van der Waals surface area contributed by atoms with Crippen molar-refractivity contribution in [3.63, 3.8) is 0 Å². The fourth-order valence-electron chi connectivity index (χ4n) is 4.36. The molecule has 1 aliphatic heterocycles. The van der Waals surface area contributed by atoms with E-state index in [4.69, 9.17) is 23.6 Å². The van der Waals surface area contributed by atoms with Gasteiger partial charge in [-0.15, -0.1) is 11.3 Å². The molecular weight excluding hydrogens is 518 g/mol. The Morgan fingerprint density at radius 3 is 2.54 bits per heavy atom. The number of methoxy groups -OCH3 is 1. The van der Waals surface area contributed by atoms with E-state index in [9.17, 15) is 14.9 Å². The Hall–Kier alpha value is -4.46. The molecule has 4 aromatic rings. The molecule has 1 saturated heterocycles. The molecule has 0 N–H and O–H groups in total. The molecule has 0 saturated carbocycles. The van der Waals surface area contributed by atoms with Crippen LogP contribution >= 0.6 is 11.3 Å². The molecule has 4 heterocycles. The van der Waals surface area contributed by atoms with Gasteiger partial charge in [0.1, 0.15) is 23.1 Å². The molecular formula is C29H25N3O6S. The molecule has 10 heteroatoms. The van der Waals surface area contributed by atoms with E-state index in [2.05, 4.69) is 11.0 Å². The summed E-state index contributed by atoms with van der Waals surface area (Å²) in [6, 6.07) is 15.4. The number of Topliss-reactive ketones (excluding diaryl/α,β-unsaturated/α-hetero) is 1. The van der Waals surface area contributed by atoms with E-state index in [1.54, 1.807) is 12.3 Å². The van der Waals surface area contributed by atoms with Crippen molar-refractivity contribution in [2.24, 2.45) is 0 Å². The van der Waals surface area contributed by atoms with Crippen LogP contribution in [0.1, 0.15) is 37.4 Å². The number of hydrogen-bond donors (Lipinski definition) is 0. The first kappa shape index (κ1) is 26.2. The highest BCUT2D eigenvalue weighted by molar-refractivity contribution is 7.14. The topological polar surface area (TPSA) is 115 Å². The van der Waals surface area contributed by atoms with Crippen LogP contribution in [0.25, 0.3) is 22.4 Å². The number of ketones is 1. The zero-order valence-corrected chi connectivity index (χ0v) is 22.2. The van der Waals surface area contributed by atoms with Crippen molar-refractivity contribution in [3.05, 3.63) is 75.9 Å². The maximum Gasteiger partial charge on any atom is 0.348 e. The summed E-state index contributed by atoms with van der Waals surface area (Å²) in [4.78, 5) is 32.1. The van der Waals surface area contributed by atoms with Crippen molar-refractivity contribution in [1.29, 1.82) is 5.26 Å². The zero-order valence-electron chi connectivity index (χ0n) is 21.4. The predicted molar refractivity (Wildman–Crippen MR) is 145 cm³/mol. The summed E-state index contributed by atoms with van der Waals surface area (Å²) in [5, 5.41) is 10.1. The Morgan fingerprint density at radius 2 is 1.90 bits per heavy atom. The number of ether oxygens (including phenoxy) is 3. The maximum absolute atomic E-state index is 12.2. The number of aromatic nitrogens is 1. The van der Waals surface area contributed by atoms with Crippen molar-refractivity contribution < 1.29 is 28.2 Å². The van der Waals surface area contributed by atoms with Gasteiger partial charge in [0.05, 0.1) is 43.4 Å². The van der Waals surface area contributed by atoms with Gasteiger partial charge in [-0.3, -0.25) is 4.79 Å². The van der Waals surface area contributed by atoms with Crippen LogP contribution in [0.4, 0.5) is 5.69 Å². The van der Waals surface area contributed by atoms with Crippen LogP contribution in [0.2, 0.25) is 0 Å². The van der Waals surface area contributed by atoms with Crippen molar-refractivity contribution >= 4 is 28.8 Å². The van der Waals surface area contributed by atoms with Gasteiger partial charge < -0.3 is 23.5 Å². The molecule has 0 amide bonds. The van der Waals surface area contributed by atoms with E-state index in [1.807, 2.05) is 30.3 Å². The van der Waals surface area contributed by atoms with Crippen LogP contribution in [0, 0.1) is 11.3 Å². The molecule has 0 bridgehead atoms. The molecule has 39 heavy (non-hydrogen) atoms. The van der Waals surface area contributed by atoms with Crippen molar-refractivity contribution in [2.45, 2.75) is 13.5 Å². The van der Waals surface area contributed by atoms with E-state index in [-0.39, 0.29) is 23.8 Å². The van der Waals surface area contributed by atoms with E-state index < -0.39 is 5.97 Å². The average Bonchev–Trinajstić information content (AvgIpc) is 3.67. The summed E-state index contributed by atoms with van der Waals surface area (Å²) in [6.45, 7) is 4.43. The average molecular weight is 544 g/mol. The fourth-order valence-corrected chi connectivity index (χ4v) is 5.40. The lowest BCUT2D eigenvalue weighted by molar-refractivity contribution is 0.0606. The molecule has 9 nitrogen and oxygen atoms in total. The monoisotopic (exact) mass is 543 g/mol. The van der Waals surface area contributed by atoms with Gasteiger partial charge in [-0.05, 0) is 37.3 Å². The SMILES string of the molecule is COC(=O)c1cc(C(C)=O)c(COc2nc(-c3ccc(N4CCOCC4)cc3)cc(-c3ccoc3)c2C#N)s1. The number of rotatable bonds is 8. The molecule has 198 valence electrons. The highest BCUT2D eigenvalue weighted by Crippen LogP contribution is 2.35. The lowest BCUT2D eigenvalue weighted by atomic mass is 10.0. The number of thiophene rings is 1. The number of carbonyl (C=O) groups excluding carboxylic acids is 2. The summed E-state index contributed by atoms with van der Waals surface area (Å²) < 4.78 is 21.6. The predicted octanol–water partition coefficient (Wildman–Crippen LogP) is 5.35. The first-order valence-electron chi connectivity index (χ1n) is 12.2. The third-order valence-corrected chi connectivity index (χ3v) is 7.47. The van der Waals surface area contributed by atoms with Gasteiger partial charge in [-0.2, -0.15) is 5.26 Å². The zero-order chi connectivity index (χ0) is 27.4. The number of pyridine rings is 1. The number of benzene rings is 1. The molecule has 0 spiro atoms. The van der Waals surface area contributed by atoms with Gasteiger partial charge in [0.2, 0.25) is 5.88 Å². The Balaban J connectivity index is 1.51. The first-order chi connectivity index (χ1) is 19.0. The van der Waals surface area contributed by atoms with E-state index in [0.29, 0.717) is 45.4 Å². The van der Waals surface area contributed by atoms with Gasteiger partial charge in [0, 0.05) is 41.0 Å². The van der Waals surface area contributed by atoms with Crippen LogP contribution in [0.3, 0.4) is 0 Å². The number of hydrogen-bond acceptors (Lipinski definition) is 10. The lowest BCUT2D eigenvalue weighted by Crippen LogP contribution is -2.36. The van der Waals surface area contributed by atoms with Gasteiger partial charge in [0.15, 0.2) is 5.78 Å². The number of nitrogens with zero attached hydrogens (tertiary/aromatic N) is 3. The largest absolute Gasteiger partial charge is 0.472 e. The van der Waals surface area contributed by atoms with Crippen LogP contribution in [0.5, 0.6) is 5.88 Å². The molecule has 0 unspecified atom stereocenters. The van der Waals surface area contributed by atoms with Crippen molar-refractivity contribution in [1.82, 2.24) is 4.98 Å². The number of esters is 1. The van der Waals surface area contributed by atoms with Crippen LogP contribution in [-0.4, -0.2) is 50.1 Å². The summed E-state index contributed by atoms with van der Waals surface area (Å²) in [5.41, 5.74) is 4.47. The quantitative estimate of drug-likeness (QED) is 0.214. The van der Waals surface area contributed by atoms with E-state index in [0.717, 1.165) is 35.7 Å². The number of furan rings is 1. The van der Waals surface area contributed by atoms with Gasteiger partial charge in [-0.25, -0.2) is 9.78 Å². The fraction of sp³-hybridized carbons (Fsp3) is 0.241.